The average molecular weight is 411 g/mol. The normalized spacial score (nSPS) is 12.0. The standard InChI is InChI=1S/C17H12F3N3O4S/c1-28(25,26)13-8-4-11(5-9-13)15-22-23-16(27-15)21-14(24)10-2-6-12(7-3-10)17(18,19)20/h2-9H,1H3,(H,21,23,24). The molecule has 7 nitrogen and oxygen atoms in total. The Kier molecular flexibility index (Phi) is 4.94. The molecule has 3 aromatic rings. The van der Waals surface area contributed by atoms with Crippen molar-refractivity contribution in [2.45, 2.75) is 11.1 Å². The van der Waals surface area contributed by atoms with Crippen LogP contribution in [0.2, 0.25) is 0 Å². The van der Waals surface area contributed by atoms with Crippen LogP contribution in [-0.4, -0.2) is 30.8 Å². The monoisotopic (exact) mass is 411 g/mol. The Morgan fingerprint density at radius 2 is 1.61 bits per heavy atom. The maximum Gasteiger partial charge on any atom is 0.416 e. The van der Waals surface area contributed by atoms with Crippen molar-refractivity contribution < 1.29 is 30.8 Å². The molecule has 0 saturated heterocycles. The van der Waals surface area contributed by atoms with Crippen LogP contribution in [-0.2, 0) is 16.0 Å². The number of alkyl halides is 3. The molecular weight excluding hydrogens is 399 g/mol. The fourth-order valence-corrected chi connectivity index (χ4v) is 2.85. The van der Waals surface area contributed by atoms with Crippen LogP contribution < -0.4 is 5.32 Å². The second-order valence-electron chi connectivity index (χ2n) is 5.74. The summed E-state index contributed by atoms with van der Waals surface area (Å²) in [6.07, 6.45) is -3.42. The van der Waals surface area contributed by atoms with Crippen molar-refractivity contribution in [1.29, 1.82) is 0 Å². The first kappa shape index (κ1) is 19.5. The van der Waals surface area contributed by atoms with Crippen molar-refractivity contribution in [2.24, 2.45) is 0 Å². The largest absolute Gasteiger partial charge is 0.416 e. The van der Waals surface area contributed by atoms with E-state index in [1.54, 1.807) is 0 Å². The molecule has 0 radical (unpaired) electrons. The summed E-state index contributed by atoms with van der Waals surface area (Å²) >= 11 is 0. The lowest BCUT2D eigenvalue weighted by Gasteiger charge is -2.07. The third-order valence-corrected chi connectivity index (χ3v) is 4.78. The molecule has 1 aromatic heterocycles. The number of anilines is 1. The van der Waals surface area contributed by atoms with E-state index in [1.165, 1.54) is 24.3 Å². The quantitative estimate of drug-likeness (QED) is 0.706. The van der Waals surface area contributed by atoms with Crippen molar-refractivity contribution in [3.63, 3.8) is 0 Å². The molecule has 0 spiro atoms. The van der Waals surface area contributed by atoms with Gasteiger partial charge in [0.2, 0.25) is 5.89 Å². The van der Waals surface area contributed by atoms with Gasteiger partial charge in [0.25, 0.3) is 5.91 Å². The smallest absolute Gasteiger partial charge is 0.403 e. The molecule has 1 N–H and O–H groups in total. The number of hydrogen-bond acceptors (Lipinski definition) is 6. The fourth-order valence-electron chi connectivity index (χ4n) is 2.21. The van der Waals surface area contributed by atoms with Crippen LogP contribution in [0.15, 0.2) is 57.8 Å². The Hall–Kier alpha value is -3.21. The van der Waals surface area contributed by atoms with Gasteiger partial charge in [0.1, 0.15) is 0 Å². The molecule has 0 fully saturated rings. The van der Waals surface area contributed by atoms with Crippen molar-refractivity contribution >= 4 is 21.8 Å². The number of carbonyl (C=O) groups excluding carboxylic acids is 1. The summed E-state index contributed by atoms with van der Waals surface area (Å²) in [5, 5.41) is 9.67. The van der Waals surface area contributed by atoms with E-state index in [2.05, 4.69) is 15.5 Å². The zero-order valence-electron chi connectivity index (χ0n) is 14.2. The molecule has 0 aliphatic rings. The molecule has 11 heteroatoms. The van der Waals surface area contributed by atoms with Crippen LogP contribution in [0.3, 0.4) is 0 Å². The molecule has 1 heterocycles. The second-order valence-corrected chi connectivity index (χ2v) is 7.75. The molecule has 1 amide bonds. The molecule has 2 aromatic carbocycles. The number of nitrogens with one attached hydrogen (secondary N) is 1. The Bertz CT molecular complexity index is 1110. The van der Waals surface area contributed by atoms with Gasteiger partial charge in [-0.05, 0) is 48.5 Å². The van der Waals surface area contributed by atoms with E-state index in [4.69, 9.17) is 4.42 Å². The number of carbonyl (C=O) groups is 1. The summed E-state index contributed by atoms with van der Waals surface area (Å²) in [5.41, 5.74) is -0.471. The van der Waals surface area contributed by atoms with Gasteiger partial charge in [-0.15, -0.1) is 5.10 Å². The highest BCUT2D eigenvalue weighted by Crippen LogP contribution is 2.29. The number of halogens is 3. The third kappa shape index (κ3) is 4.36. The minimum absolute atomic E-state index is 0.0229. The lowest BCUT2D eigenvalue weighted by atomic mass is 10.1. The predicted molar refractivity (Wildman–Crippen MR) is 92.2 cm³/mol. The van der Waals surface area contributed by atoms with Crippen LogP contribution in [0.1, 0.15) is 15.9 Å². The topological polar surface area (TPSA) is 102 Å². The molecule has 3 rings (SSSR count). The van der Waals surface area contributed by atoms with Gasteiger partial charge in [-0.3, -0.25) is 10.1 Å². The van der Waals surface area contributed by atoms with E-state index in [-0.39, 0.29) is 22.4 Å². The first-order valence-electron chi connectivity index (χ1n) is 7.66. The zero-order valence-corrected chi connectivity index (χ0v) is 15.0. The maximum atomic E-state index is 12.6. The van der Waals surface area contributed by atoms with E-state index in [1.807, 2.05) is 0 Å². The lowest BCUT2D eigenvalue weighted by Crippen LogP contribution is -2.13. The molecular formula is C17H12F3N3O4S. The van der Waals surface area contributed by atoms with Crippen molar-refractivity contribution in [1.82, 2.24) is 10.2 Å². The van der Waals surface area contributed by atoms with E-state index in [9.17, 15) is 26.4 Å². The van der Waals surface area contributed by atoms with Crippen molar-refractivity contribution in [3.05, 3.63) is 59.7 Å². The maximum absolute atomic E-state index is 12.6. The van der Waals surface area contributed by atoms with Crippen LogP contribution in [0.5, 0.6) is 0 Å². The van der Waals surface area contributed by atoms with Gasteiger partial charge < -0.3 is 4.42 Å². The van der Waals surface area contributed by atoms with Crippen LogP contribution in [0, 0.1) is 0 Å². The summed E-state index contributed by atoms with van der Waals surface area (Å²) in [5.74, 6) is -0.695. The summed E-state index contributed by atoms with van der Waals surface area (Å²) in [7, 11) is -3.35. The first-order valence-corrected chi connectivity index (χ1v) is 9.56. The molecule has 0 aliphatic carbocycles. The first-order chi connectivity index (χ1) is 13.0. The van der Waals surface area contributed by atoms with Gasteiger partial charge in [0.05, 0.1) is 10.5 Å². The van der Waals surface area contributed by atoms with Crippen LogP contribution in [0.4, 0.5) is 19.2 Å². The molecule has 0 bridgehead atoms. The highest BCUT2D eigenvalue weighted by molar-refractivity contribution is 7.90. The number of amides is 1. The fraction of sp³-hybridized carbons (Fsp3) is 0.118. The van der Waals surface area contributed by atoms with Gasteiger partial charge in [-0.2, -0.15) is 13.2 Å². The number of nitrogens with zero attached hydrogens (tertiary/aromatic N) is 2. The van der Waals surface area contributed by atoms with Crippen LogP contribution >= 0.6 is 0 Å². The van der Waals surface area contributed by atoms with Gasteiger partial charge >= 0.3 is 12.2 Å². The van der Waals surface area contributed by atoms with E-state index >= 15 is 0 Å². The summed E-state index contributed by atoms with van der Waals surface area (Å²) in [4.78, 5) is 12.2. The molecule has 0 unspecified atom stereocenters. The lowest BCUT2D eigenvalue weighted by molar-refractivity contribution is -0.137. The van der Waals surface area contributed by atoms with E-state index in [0.29, 0.717) is 5.56 Å². The molecule has 0 aliphatic heterocycles. The minimum Gasteiger partial charge on any atom is -0.403 e. The number of hydrogen-bond donors (Lipinski definition) is 1. The SMILES string of the molecule is CS(=O)(=O)c1ccc(-c2nnc(NC(=O)c3ccc(C(F)(F)F)cc3)o2)cc1. The predicted octanol–water partition coefficient (Wildman–Crippen LogP) is 3.41. The van der Waals surface area contributed by atoms with Crippen LogP contribution in [0.25, 0.3) is 11.5 Å². The van der Waals surface area contributed by atoms with E-state index < -0.39 is 27.5 Å². The number of aromatic nitrogens is 2. The third-order valence-electron chi connectivity index (χ3n) is 3.65. The number of rotatable bonds is 4. The van der Waals surface area contributed by atoms with E-state index in [0.717, 1.165) is 30.5 Å². The summed E-state index contributed by atoms with van der Waals surface area (Å²) in [6.45, 7) is 0. The summed E-state index contributed by atoms with van der Waals surface area (Å²) in [6, 6.07) is 9.04. The number of benzene rings is 2. The molecule has 146 valence electrons. The zero-order chi connectivity index (χ0) is 20.5. The highest BCUT2D eigenvalue weighted by Gasteiger charge is 2.30. The van der Waals surface area contributed by atoms with Gasteiger partial charge in [0.15, 0.2) is 9.84 Å². The molecule has 28 heavy (non-hydrogen) atoms. The molecule has 0 saturated carbocycles. The summed E-state index contributed by atoms with van der Waals surface area (Å²) < 4.78 is 65.9. The van der Waals surface area contributed by atoms with Crippen molar-refractivity contribution in [3.8, 4) is 11.5 Å². The van der Waals surface area contributed by atoms with Crippen molar-refractivity contribution in [2.75, 3.05) is 11.6 Å². The van der Waals surface area contributed by atoms with Gasteiger partial charge in [0, 0.05) is 17.4 Å². The highest BCUT2D eigenvalue weighted by atomic mass is 32.2. The molecule has 0 atom stereocenters. The minimum atomic E-state index is -4.50. The van der Waals surface area contributed by atoms with Gasteiger partial charge in [-0.1, -0.05) is 5.10 Å². The Morgan fingerprint density at radius 1 is 1.00 bits per heavy atom. The Morgan fingerprint density at radius 3 is 2.14 bits per heavy atom. The Balaban J connectivity index is 1.73. The van der Waals surface area contributed by atoms with Gasteiger partial charge in [-0.25, -0.2) is 8.42 Å². The Labute approximate surface area is 157 Å². The second kappa shape index (κ2) is 7.08. The average Bonchev–Trinajstić information content (AvgIpc) is 3.09. The number of sulfone groups is 1.